The first-order chi connectivity index (χ1) is 8.45. The van der Waals surface area contributed by atoms with E-state index in [4.69, 9.17) is 0 Å². The number of aromatic nitrogens is 2. The Bertz CT molecular complexity index is 687. The topological polar surface area (TPSA) is 40.5 Å². The maximum atomic E-state index is 9.92. The summed E-state index contributed by atoms with van der Waals surface area (Å²) in [5, 5.41) is 14.1. The summed E-state index contributed by atoms with van der Waals surface area (Å²) in [6.45, 7) is 6.47. The van der Waals surface area contributed by atoms with Crippen molar-refractivity contribution in [2.24, 2.45) is 0 Å². The molecule has 18 heavy (non-hydrogen) atoms. The molecule has 2 aromatic heterocycles. The van der Waals surface area contributed by atoms with Gasteiger partial charge < -0.3 is 5.11 Å². The number of nitrogens with zero attached hydrogens (tertiary/aromatic N) is 3. The van der Waals surface area contributed by atoms with Gasteiger partial charge >= 0.3 is 0 Å². The van der Waals surface area contributed by atoms with Crippen molar-refractivity contribution in [1.29, 1.82) is 0 Å². The van der Waals surface area contributed by atoms with Gasteiger partial charge in [-0.2, -0.15) is 9.67 Å². The van der Waals surface area contributed by atoms with Crippen LogP contribution in [0.25, 0.3) is 11.1 Å². The van der Waals surface area contributed by atoms with Crippen LogP contribution in [0.2, 0.25) is 0 Å². The normalized spacial score (nSPS) is 15.3. The summed E-state index contributed by atoms with van der Waals surface area (Å²) < 4.78 is 3.85. The van der Waals surface area contributed by atoms with E-state index in [-0.39, 0.29) is 11.3 Å². The lowest BCUT2D eigenvalue weighted by Gasteiger charge is -2.20. The third kappa shape index (κ3) is 1.61. The molecule has 0 amide bonds. The van der Waals surface area contributed by atoms with Crippen LogP contribution in [0.5, 0.6) is 5.75 Å². The third-order valence-electron chi connectivity index (χ3n) is 3.15. The average Bonchev–Trinajstić information content (AvgIpc) is 2.60. The Balaban J connectivity index is 1.98. The van der Waals surface area contributed by atoms with Crippen LogP contribution in [-0.4, -0.2) is 31.0 Å². The van der Waals surface area contributed by atoms with E-state index in [1.807, 2.05) is 6.20 Å². The molecule has 0 unspecified atom stereocenters. The zero-order valence-electron chi connectivity index (χ0n) is 10.8. The molecule has 0 saturated heterocycles. The lowest BCUT2D eigenvalue weighted by molar-refractivity contribution is -0.536. The number of fused-ring (bicyclic) bond motifs is 1. The van der Waals surface area contributed by atoms with Gasteiger partial charge in [0.25, 0.3) is 0 Å². The fraction of sp³-hybridized carbons (Fsp3) is 0.286. The van der Waals surface area contributed by atoms with Crippen molar-refractivity contribution in [3.8, 4) is 5.75 Å². The van der Waals surface area contributed by atoms with E-state index >= 15 is 0 Å². The molecular formula is C14H16N3O+. The molecule has 2 aromatic rings. The molecule has 0 spiro atoms. The fourth-order valence-corrected chi connectivity index (χ4v) is 1.99. The minimum atomic E-state index is 0.0986. The second kappa shape index (κ2) is 3.45. The molecule has 1 N–H and O–H groups in total. The van der Waals surface area contributed by atoms with Crippen molar-refractivity contribution >= 4 is 17.3 Å². The number of pyridine rings is 1. The molecule has 0 radical (unpaired) electrons. The zero-order valence-corrected chi connectivity index (χ0v) is 10.8. The molecule has 0 aromatic carbocycles. The molecule has 0 bridgehead atoms. The summed E-state index contributed by atoms with van der Waals surface area (Å²) in [6, 6.07) is 3.57. The monoisotopic (exact) mass is 242 g/mol. The van der Waals surface area contributed by atoms with Gasteiger partial charge in [0.2, 0.25) is 0 Å². The third-order valence-corrected chi connectivity index (χ3v) is 3.15. The molecule has 1 aliphatic heterocycles. The van der Waals surface area contributed by atoms with Gasteiger partial charge in [-0.15, -0.1) is 0 Å². The van der Waals surface area contributed by atoms with Gasteiger partial charge in [-0.25, -0.2) is 4.52 Å². The summed E-state index contributed by atoms with van der Waals surface area (Å²) >= 11 is 0. The van der Waals surface area contributed by atoms with Crippen LogP contribution in [0.15, 0.2) is 30.7 Å². The van der Waals surface area contributed by atoms with Crippen molar-refractivity contribution in [2.75, 3.05) is 0 Å². The van der Waals surface area contributed by atoms with Gasteiger partial charge in [0.15, 0.2) is 18.0 Å². The van der Waals surface area contributed by atoms with Gasteiger partial charge in [-0.3, -0.25) is 0 Å². The van der Waals surface area contributed by atoms with Gasteiger partial charge in [0.05, 0.1) is 6.20 Å². The van der Waals surface area contributed by atoms with E-state index in [1.165, 1.54) is 0 Å². The van der Waals surface area contributed by atoms with Gasteiger partial charge in [-0.1, -0.05) is 0 Å². The Hall–Kier alpha value is -2.10. The van der Waals surface area contributed by atoms with Crippen LogP contribution in [0, 0.1) is 0 Å². The number of allylic oxidation sites excluding steroid dienone is 1. The first-order valence-corrected chi connectivity index (χ1v) is 5.97. The predicted octanol–water partition coefficient (Wildman–Crippen LogP) is 2.28. The summed E-state index contributed by atoms with van der Waals surface area (Å²) in [7, 11) is 0. The Labute approximate surface area is 105 Å². The summed E-state index contributed by atoms with van der Waals surface area (Å²) in [5.74, 6) is 0.258. The van der Waals surface area contributed by atoms with Crippen molar-refractivity contribution in [3.63, 3.8) is 0 Å². The van der Waals surface area contributed by atoms with E-state index in [9.17, 15) is 5.11 Å². The van der Waals surface area contributed by atoms with E-state index in [0.29, 0.717) is 0 Å². The molecule has 92 valence electrons. The first-order valence-electron chi connectivity index (χ1n) is 5.97. The maximum absolute atomic E-state index is 9.92. The number of hydrogen-bond donors (Lipinski definition) is 1. The van der Waals surface area contributed by atoms with Crippen molar-refractivity contribution in [1.82, 2.24) is 9.61 Å². The minimum Gasteiger partial charge on any atom is -0.506 e. The highest BCUT2D eigenvalue weighted by atomic mass is 16.3. The van der Waals surface area contributed by atoms with Crippen LogP contribution in [0.4, 0.5) is 0 Å². The standard InChI is InChI=1S/C14H15N3O/c1-14(2,3)16-7-11(8-16)10-6-13(18)12-4-5-15-17(12)9-10/h4-9H,1-3H3/p+1. The van der Waals surface area contributed by atoms with E-state index < -0.39 is 0 Å². The maximum Gasteiger partial charge on any atom is 0.183 e. The van der Waals surface area contributed by atoms with Gasteiger partial charge in [0.1, 0.15) is 16.8 Å². The van der Waals surface area contributed by atoms with Crippen LogP contribution >= 0.6 is 0 Å². The Morgan fingerprint density at radius 3 is 2.72 bits per heavy atom. The van der Waals surface area contributed by atoms with Crippen LogP contribution in [-0.2, 0) is 0 Å². The Morgan fingerprint density at radius 1 is 1.33 bits per heavy atom. The summed E-state index contributed by atoms with van der Waals surface area (Å²) in [4.78, 5) is 0. The number of hydrogen-bond acceptors (Lipinski definition) is 2. The molecular weight excluding hydrogens is 226 g/mol. The minimum absolute atomic E-state index is 0.0986. The van der Waals surface area contributed by atoms with E-state index in [1.54, 1.807) is 22.8 Å². The van der Waals surface area contributed by atoms with Gasteiger partial charge in [-0.05, 0) is 12.1 Å². The molecule has 4 nitrogen and oxygen atoms in total. The van der Waals surface area contributed by atoms with E-state index in [2.05, 4.69) is 42.9 Å². The zero-order chi connectivity index (χ0) is 12.9. The molecule has 3 heterocycles. The second-order valence-electron chi connectivity index (χ2n) is 5.57. The van der Waals surface area contributed by atoms with E-state index in [0.717, 1.165) is 16.7 Å². The van der Waals surface area contributed by atoms with Crippen molar-refractivity contribution < 1.29 is 9.68 Å². The second-order valence-corrected chi connectivity index (χ2v) is 5.57. The quantitative estimate of drug-likeness (QED) is 0.779. The SMILES string of the molecule is CC(C)(C)[N+]1=CC(c2cc(O)c3ccnn3c2)=C1. The first kappa shape index (κ1) is 11.0. The molecule has 0 saturated carbocycles. The molecule has 3 rings (SSSR count). The van der Waals surface area contributed by atoms with Gasteiger partial charge in [0, 0.05) is 32.5 Å². The average molecular weight is 242 g/mol. The lowest BCUT2D eigenvalue weighted by Crippen LogP contribution is -2.34. The molecule has 0 atom stereocenters. The number of aromatic hydroxyl groups is 1. The molecule has 4 heteroatoms. The molecule has 1 aliphatic rings. The van der Waals surface area contributed by atoms with Crippen molar-refractivity contribution in [3.05, 3.63) is 36.3 Å². The fourth-order valence-electron chi connectivity index (χ4n) is 1.99. The molecule has 0 aliphatic carbocycles. The van der Waals surface area contributed by atoms with Crippen LogP contribution < -0.4 is 0 Å². The highest BCUT2D eigenvalue weighted by molar-refractivity contribution is 6.10. The lowest BCUT2D eigenvalue weighted by atomic mass is 10.0. The molecule has 0 fully saturated rings. The Morgan fingerprint density at radius 2 is 2.06 bits per heavy atom. The summed E-state index contributed by atoms with van der Waals surface area (Å²) in [6.07, 6.45) is 7.78. The Kier molecular flexibility index (Phi) is 2.11. The summed E-state index contributed by atoms with van der Waals surface area (Å²) in [5.41, 5.74) is 2.91. The highest BCUT2D eigenvalue weighted by Gasteiger charge is 2.30. The highest BCUT2D eigenvalue weighted by Crippen LogP contribution is 2.27. The van der Waals surface area contributed by atoms with Crippen LogP contribution in [0.3, 0.4) is 0 Å². The van der Waals surface area contributed by atoms with Crippen molar-refractivity contribution in [2.45, 2.75) is 26.3 Å². The smallest absolute Gasteiger partial charge is 0.183 e. The predicted molar refractivity (Wildman–Crippen MR) is 70.9 cm³/mol. The largest absolute Gasteiger partial charge is 0.506 e. The van der Waals surface area contributed by atoms with Crippen LogP contribution in [0.1, 0.15) is 26.3 Å². The number of rotatable bonds is 1.